The Labute approximate surface area is 88.4 Å². The van der Waals surface area contributed by atoms with E-state index < -0.39 is 6.10 Å². The van der Waals surface area contributed by atoms with Gasteiger partial charge in [0.25, 0.3) is 0 Å². The highest BCUT2D eigenvalue weighted by Gasteiger charge is 2.07. The highest BCUT2D eigenvalue weighted by atomic mass is 32.1. The second kappa shape index (κ2) is 6.14. The molecule has 0 radical (unpaired) electrons. The summed E-state index contributed by atoms with van der Waals surface area (Å²) in [5.41, 5.74) is 0.938. The SMILES string of the molecule is CCC(O)CNCC(O)c1ccsc1. The van der Waals surface area contributed by atoms with Gasteiger partial charge < -0.3 is 15.5 Å². The average molecular weight is 215 g/mol. The summed E-state index contributed by atoms with van der Waals surface area (Å²) in [6.45, 7) is 2.97. The van der Waals surface area contributed by atoms with Crippen LogP contribution >= 0.6 is 11.3 Å². The van der Waals surface area contributed by atoms with E-state index in [-0.39, 0.29) is 6.10 Å². The molecule has 1 aromatic rings. The maximum Gasteiger partial charge on any atom is 0.0922 e. The van der Waals surface area contributed by atoms with Gasteiger partial charge in [-0.3, -0.25) is 0 Å². The zero-order chi connectivity index (χ0) is 10.4. The summed E-state index contributed by atoms with van der Waals surface area (Å²) in [6, 6.07) is 1.91. The topological polar surface area (TPSA) is 52.5 Å². The van der Waals surface area contributed by atoms with E-state index in [2.05, 4.69) is 5.32 Å². The van der Waals surface area contributed by atoms with Crippen molar-refractivity contribution in [3.05, 3.63) is 22.4 Å². The summed E-state index contributed by atoms with van der Waals surface area (Å²) in [5.74, 6) is 0. The summed E-state index contributed by atoms with van der Waals surface area (Å²) in [6.07, 6.45) is -0.0448. The third-order valence-electron chi connectivity index (χ3n) is 2.12. The van der Waals surface area contributed by atoms with Crippen molar-refractivity contribution in [2.24, 2.45) is 0 Å². The first-order valence-corrected chi connectivity index (χ1v) is 5.77. The third kappa shape index (κ3) is 3.75. The van der Waals surface area contributed by atoms with Gasteiger partial charge in [-0.1, -0.05) is 6.92 Å². The Morgan fingerprint density at radius 3 is 2.79 bits per heavy atom. The fraction of sp³-hybridized carbons (Fsp3) is 0.600. The lowest BCUT2D eigenvalue weighted by Crippen LogP contribution is -2.29. The second-order valence-corrected chi connectivity index (χ2v) is 4.07. The van der Waals surface area contributed by atoms with E-state index in [9.17, 15) is 10.2 Å². The Bertz CT molecular complexity index is 238. The summed E-state index contributed by atoms with van der Waals surface area (Å²) in [7, 11) is 0. The first kappa shape index (κ1) is 11.7. The van der Waals surface area contributed by atoms with Crippen molar-refractivity contribution in [1.82, 2.24) is 5.32 Å². The molecule has 0 amide bonds. The standard InChI is InChI=1S/C10H17NO2S/c1-2-9(12)5-11-6-10(13)8-3-4-14-7-8/h3-4,7,9-13H,2,5-6H2,1H3. The fourth-order valence-corrected chi connectivity index (χ4v) is 1.82. The lowest BCUT2D eigenvalue weighted by Gasteiger charge is -2.12. The molecular weight excluding hydrogens is 198 g/mol. The van der Waals surface area contributed by atoms with E-state index in [1.807, 2.05) is 23.8 Å². The molecule has 1 rings (SSSR count). The highest BCUT2D eigenvalue weighted by molar-refractivity contribution is 7.07. The quantitative estimate of drug-likeness (QED) is 0.667. The molecular formula is C10H17NO2S. The summed E-state index contributed by atoms with van der Waals surface area (Å²) < 4.78 is 0. The van der Waals surface area contributed by atoms with Gasteiger partial charge in [-0.15, -0.1) is 0 Å². The molecule has 80 valence electrons. The molecule has 0 aliphatic carbocycles. The van der Waals surface area contributed by atoms with Crippen LogP contribution in [0.2, 0.25) is 0 Å². The smallest absolute Gasteiger partial charge is 0.0922 e. The minimum Gasteiger partial charge on any atom is -0.392 e. The van der Waals surface area contributed by atoms with Crippen LogP contribution in [0.25, 0.3) is 0 Å². The van der Waals surface area contributed by atoms with E-state index in [0.717, 1.165) is 12.0 Å². The molecule has 2 unspecified atom stereocenters. The predicted octanol–water partition coefficient (Wildman–Crippen LogP) is 1.14. The van der Waals surface area contributed by atoms with Crippen LogP contribution in [0.5, 0.6) is 0 Å². The normalized spacial score (nSPS) is 15.4. The van der Waals surface area contributed by atoms with E-state index in [0.29, 0.717) is 13.1 Å². The molecule has 0 aliphatic heterocycles. The van der Waals surface area contributed by atoms with Crippen LogP contribution in [0.4, 0.5) is 0 Å². The number of thiophene rings is 1. The van der Waals surface area contributed by atoms with Gasteiger partial charge in [0.15, 0.2) is 0 Å². The number of nitrogens with one attached hydrogen (secondary N) is 1. The Balaban J connectivity index is 2.19. The molecule has 1 heterocycles. The Morgan fingerprint density at radius 1 is 1.43 bits per heavy atom. The molecule has 0 fully saturated rings. The first-order valence-electron chi connectivity index (χ1n) is 4.83. The van der Waals surface area contributed by atoms with Crippen LogP contribution in [0.15, 0.2) is 16.8 Å². The van der Waals surface area contributed by atoms with E-state index in [1.165, 1.54) is 0 Å². The molecule has 0 aliphatic rings. The van der Waals surface area contributed by atoms with Gasteiger partial charge >= 0.3 is 0 Å². The summed E-state index contributed by atoms with van der Waals surface area (Å²) in [5, 5.41) is 25.8. The van der Waals surface area contributed by atoms with Crippen molar-refractivity contribution >= 4 is 11.3 Å². The number of hydrogen-bond donors (Lipinski definition) is 3. The maximum absolute atomic E-state index is 9.66. The zero-order valence-electron chi connectivity index (χ0n) is 8.31. The van der Waals surface area contributed by atoms with Gasteiger partial charge in [-0.25, -0.2) is 0 Å². The second-order valence-electron chi connectivity index (χ2n) is 3.29. The molecule has 0 bridgehead atoms. The first-order chi connectivity index (χ1) is 6.74. The van der Waals surface area contributed by atoms with Crippen LogP contribution in [0, 0.1) is 0 Å². The lowest BCUT2D eigenvalue weighted by atomic mass is 10.2. The Kier molecular flexibility index (Phi) is 5.11. The van der Waals surface area contributed by atoms with Gasteiger partial charge in [0, 0.05) is 13.1 Å². The van der Waals surface area contributed by atoms with Crippen LogP contribution < -0.4 is 5.32 Å². The van der Waals surface area contributed by atoms with Crippen molar-refractivity contribution in [2.45, 2.75) is 25.6 Å². The minimum atomic E-state index is -0.467. The highest BCUT2D eigenvalue weighted by Crippen LogP contribution is 2.14. The lowest BCUT2D eigenvalue weighted by molar-refractivity contribution is 0.144. The molecule has 3 N–H and O–H groups in total. The Morgan fingerprint density at radius 2 is 2.21 bits per heavy atom. The molecule has 2 atom stereocenters. The molecule has 4 heteroatoms. The molecule has 0 saturated carbocycles. The van der Waals surface area contributed by atoms with Crippen molar-refractivity contribution in [3.8, 4) is 0 Å². The largest absolute Gasteiger partial charge is 0.392 e. The van der Waals surface area contributed by atoms with E-state index in [1.54, 1.807) is 11.3 Å². The molecule has 0 saturated heterocycles. The molecule has 0 aromatic carbocycles. The van der Waals surface area contributed by atoms with Gasteiger partial charge in [0.1, 0.15) is 0 Å². The summed E-state index contributed by atoms with van der Waals surface area (Å²) >= 11 is 1.58. The van der Waals surface area contributed by atoms with Crippen molar-refractivity contribution in [1.29, 1.82) is 0 Å². The van der Waals surface area contributed by atoms with Crippen LogP contribution in [-0.4, -0.2) is 29.4 Å². The third-order valence-corrected chi connectivity index (χ3v) is 2.82. The molecule has 0 spiro atoms. The van der Waals surface area contributed by atoms with Gasteiger partial charge in [-0.2, -0.15) is 11.3 Å². The monoisotopic (exact) mass is 215 g/mol. The van der Waals surface area contributed by atoms with Crippen molar-refractivity contribution < 1.29 is 10.2 Å². The molecule has 14 heavy (non-hydrogen) atoms. The molecule has 3 nitrogen and oxygen atoms in total. The maximum atomic E-state index is 9.66. The van der Waals surface area contributed by atoms with E-state index >= 15 is 0 Å². The number of rotatable bonds is 6. The van der Waals surface area contributed by atoms with E-state index in [4.69, 9.17) is 0 Å². The van der Waals surface area contributed by atoms with Crippen LogP contribution in [0.3, 0.4) is 0 Å². The van der Waals surface area contributed by atoms with Crippen molar-refractivity contribution in [2.75, 3.05) is 13.1 Å². The minimum absolute atomic E-state index is 0.315. The number of aliphatic hydroxyl groups is 2. The fourth-order valence-electron chi connectivity index (χ4n) is 1.11. The van der Waals surface area contributed by atoms with Crippen LogP contribution in [0.1, 0.15) is 25.0 Å². The number of aliphatic hydroxyl groups excluding tert-OH is 2. The molecule has 1 aromatic heterocycles. The summed E-state index contributed by atoms with van der Waals surface area (Å²) in [4.78, 5) is 0. The predicted molar refractivity (Wildman–Crippen MR) is 58.4 cm³/mol. The van der Waals surface area contributed by atoms with Crippen LogP contribution in [-0.2, 0) is 0 Å². The van der Waals surface area contributed by atoms with Crippen molar-refractivity contribution in [3.63, 3.8) is 0 Å². The average Bonchev–Trinajstić information content (AvgIpc) is 2.70. The van der Waals surface area contributed by atoms with Gasteiger partial charge in [-0.05, 0) is 28.8 Å². The Hall–Kier alpha value is -0.420. The van der Waals surface area contributed by atoms with Gasteiger partial charge in [0.05, 0.1) is 12.2 Å². The van der Waals surface area contributed by atoms with Gasteiger partial charge in [0.2, 0.25) is 0 Å². The number of hydrogen-bond acceptors (Lipinski definition) is 4. The zero-order valence-corrected chi connectivity index (χ0v) is 9.13.